The molecule has 0 radical (unpaired) electrons. The average Bonchev–Trinajstić information content (AvgIpc) is 1.60. The molecular formula is C118H127BN4. The maximum Gasteiger partial charge on any atom is 0.253 e. The molecule has 0 fully saturated rings. The molecule has 0 saturated carbocycles. The van der Waals surface area contributed by atoms with E-state index in [4.69, 9.17) is 0 Å². The molecule has 0 bridgehead atoms. The number of fused-ring (bicyclic) bond motifs is 11. The SMILES string of the molecule is CC(C)(C)C1=CCC(C2=CCCC(C3CC=C(C(C)(C)C)CC3)C2n2c3ccccc3c3c4c(ccc32)N(c2c(-c3ccccc3)cc(C(C)(C)C)cc2-c2ccccc2)c2cc(C(C)(C)C)cc3c2B4c2ccc(-n4c5ccc(C(C)(C)C)cc5c5cc(C(C)(C)C)ccc54)cc2N3c2c(-c3ccccc3)cc(C(C)(C)C)cc2-c2ccccc2)CC1. The summed E-state index contributed by atoms with van der Waals surface area (Å²) in [4.78, 5) is 5.66. The lowest BCUT2D eigenvalue weighted by atomic mass is 9.32. The maximum atomic E-state index is 2.99. The molecule has 4 atom stereocenters. The first-order valence-corrected chi connectivity index (χ1v) is 46.2. The lowest BCUT2D eigenvalue weighted by Gasteiger charge is -2.47. The Hall–Kier alpha value is -10.9. The Kier molecular flexibility index (Phi) is 19.9. The number of nitrogens with zero attached hydrogens (tertiary/aromatic N) is 4. The van der Waals surface area contributed by atoms with Crippen LogP contribution in [0.25, 0.3) is 93.8 Å². The minimum atomic E-state index is -0.340. The number of para-hydroxylation sites is 1. The predicted molar refractivity (Wildman–Crippen MR) is 533 cm³/mol. The number of aromatic nitrogens is 2. The quantitative estimate of drug-likeness (QED) is 0.100. The highest BCUT2D eigenvalue weighted by atomic mass is 15.2. The van der Waals surface area contributed by atoms with Crippen LogP contribution >= 0.6 is 0 Å². The van der Waals surface area contributed by atoms with E-state index in [0.29, 0.717) is 17.8 Å². The molecule has 19 rings (SSSR count). The van der Waals surface area contributed by atoms with E-state index >= 15 is 0 Å². The molecule has 0 amide bonds. The Morgan fingerprint density at radius 1 is 0.317 bits per heavy atom. The molecule has 0 saturated heterocycles. The third kappa shape index (κ3) is 14.3. The van der Waals surface area contributed by atoms with Gasteiger partial charge in [0.15, 0.2) is 0 Å². The summed E-state index contributed by atoms with van der Waals surface area (Å²) in [6.07, 6.45) is 17.3. The summed E-state index contributed by atoms with van der Waals surface area (Å²) in [6, 6.07) is 99.0. The minimum Gasteiger partial charge on any atom is -0.333 e. The predicted octanol–water partition coefficient (Wildman–Crippen LogP) is 31.6. The van der Waals surface area contributed by atoms with Crippen molar-refractivity contribution in [1.82, 2.24) is 9.13 Å². The zero-order valence-corrected chi connectivity index (χ0v) is 77.2. The Morgan fingerprint density at radius 3 is 1.19 bits per heavy atom. The Balaban J connectivity index is 1.01. The van der Waals surface area contributed by atoms with E-state index in [1.807, 2.05) is 0 Å². The summed E-state index contributed by atoms with van der Waals surface area (Å²) >= 11 is 0. The Labute approximate surface area is 735 Å². The van der Waals surface area contributed by atoms with Gasteiger partial charge in [0.05, 0.1) is 28.5 Å². The topological polar surface area (TPSA) is 16.3 Å². The van der Waals surface area contributed by atoms with Gasteiger partial charge in [-0.1, -0.05) is 332 Å². The zero-order valence-electron chi connectivity index (χ0n) is 77.2. The molecule has 3 aliphatic carbocycles. The molecule has 5 heteroatoms. The highest BCUT2D eigenvalue weighted by molar-refractivity contribution is 7.02. The molecule has 0 spiro atoms. The highest BCUT2D eigenvalue weighted by Crippen LogP contribution is 2.59. The van der Waals surface area contributed by atoms with Crippen LogP contribution in [0.4, 0.5) is 34.1 Å². The van der Waals surface area contributed by atoms with Crippen LogP contribution in [0.15, 0.2) is 284 Å². The largest absolute Gasteiger partial charge is 0.333 e. The second-order valence-corrected chi connectivity index (χ2v) is 44.3. The van der Waals surface area contributed by atoms with Gasteiger partial charge < -0.3 is 18.9 Å². The van der Waals surface area contributed by atoms with E-state index in [9.17, 15) is 0 Å². The molecule has 4 unspecified atom stereocenters. The van der Waals surface area contributed by atoms with Crippen molar-refractivity contribution in [1.29, 1.82) is 0 Å². The Bertz CT molecular complexity index is 6410. The molecule has 2 aromatic heterocycles. The lowest BCUT2D eigenvalue weighted by Crippen LogP contribution is -2.61. The molecular weight excluding hydrogens is 1480 g/mol. The fourth-order valence-electron chi connectivity index (χ4n) is 22.1. The second kappa shape index (κ2) is 30.0. The molecule has 12 aromatic carbocycles. The summed E-state index contributed by atoms with van der Waals surface area (Å²) in [5.41, 5.74) is 37.6. The van der Waals surface area contributed by atoms with Crippen LogP contribution in [0.5, 0.6) is 0 Å². The van der Waals surface area contributed by atoms with E-state index in [1.54, 1.807) is 16.7 Å². The molecule has 4 heterocycles. The first kappa shape index (κ1) is 81.8. The molecule has 0 N–H and O–H groups in total. The van der Waals surface area contributed by atoms with Gasteiger partial charge in [-0.2, -0.15) is 0 Å². The number of anilines is 6. The number of allylic oxidation sites excluding steroid dienone is 6. The lowest BCUT2D eigenvalue weighted by molar-refractivity contribution is 0.200. The number of hydrogen-bond donors (Lipinski definition) is 0. The van der Waals surface area contributed by atoms with E-state index in [0.717, 1.165) is 43.5 Å². The number of benzene rings is 12. The third-order valence-electron chi connectivity index (χ3n) is 29.0. The second-order valence-electron chi connectivity index (χ2n) is 44.3. The molecule has 14 aromatic rings. The summed E-state index contributed by atoms with van der Waals surface area (Å²) in [6.45, 7) is 50.2. The van der Waals surface area contributed by atoms with Gasteiger partial charge in [-0.15, -0.1) is 0 Å². The van der Waals surface area contributed by atoms with Crippen molar-refractivity contribution < 1.29 is 0 Å². The van der Waals surface area contributed by atoms with Gasteiger partial charge >= 0.3 is 0 Å². The van der Waals surface area contributed by atoms with Crippen LogP contribution in [-0.4, -0.2) is 15.8 Å². The van der Waals surface area contributed by atoms with Gasteiger partial charge in [-0.05, 0) is 270 Å². The van der Waals surface area contributed by atoms with E-state index in [1.165, 1.54) is 180 Å². The van der Waals surface area contributed by atoms with Gasteiger partial charge in [-0.3, -0.25) is 0 Å². The smallest absolute Gasteiger partial charge is 0.253 e. The van der Waals surface area contributed by atoms with Gasteiger partial charge in [-0.25, -0.2) is 0 Å². The average molecular weight is 1610 g/mol. The van der Waals surface area contributed by atoms with Gasteiger partial charge in [0.1, 0.15) is 0 Å². The number of rotatable bonds is 10. The van der Waals surface area contributed by atoms with Crippen molar-refractivity contribution in [3.63, 3.8) is 0 Å². The van der Waals surface area contributed by atoms with E-state index in [-0.39, 0.29) is 50.7 Å². The standard InChI is InChI=1S/C118H127BN4/c1-112(2,3)80-53-49-78(50-54-80)88-46-36-47-89(79-51-55-81(56-52-79)113(4,5)6)109(88)121-98-48-35-34-45-90(98)106-101(121)63-64-102-108(106)119-97-60-59-87(120-99-61-57-82(114(7,8)9)65-95(99)96-66-83(115(10,11)12)58-62-100(96)120)73-103(97)123(111-93(76-41-30-24-31-42-76)69-85(117(16,17)18)70-94(111)77-43-32-25-33-44-77)105-72-86(118(19,20)21)71-104(107(105)119)122(102)110-91(74-37-26-22-27-38-74)67-84(116(13,14)15)68-92(110)75-39-28-23-29-40-75/h22-35,37-46,48,53,55,57-73,78-79,89,109H,36,47,49-52,54,56H2,1-21H3. The molecule has 4 nitrogen and oxygen atoms in total. The van der Waals surface area contributed by atoms with Gasteiger partial charge in [0, 0.05) is 83.3 Å². The first-order valence-electron chi connectivity index (χ1n) is 46.2. The van der Waals surface area contributed by atoms with Crippen LogP contribution in [-0.2, 0) is 27.1 Å². The van der Waals surface area contributed by atoms with Crippen molar-refractivity contribution in [2.24, 2.45) is 28.6 Å². The highest BCUT2D eigenvalue weighted by Gasteiger charge is 2.50. The van der Waals surface area contributed by atoms with Crippen molar-refractivity contribution in [2.75, 3.05) is 9.80 Å². The molecule has 123 heavy (non-hydrogen) atoms. The van der Waals surface area contributed by atoms with E-state index in [2.05, 4.69) is 431 Å². The van der Waals surface area contributed by atoms with Crippen LogP contribution in [0.1, 0.15) is 231 Å². The summed E-state index contributed by atoms with van der Waals surface area (Å²) in [7, 11) is 0. The summed E-state index contributed by atoms with van der Waals surface area (Å²) in [5, 5.41) is 5.23. The Morgan fingerprint density at radius 2 is 0.748 bits per heavy atom. The van der Waals surface area contributed by atoms with Crippen molar-refractivity contribution >= 4 is 101 Å². The first-order chi connectivity index (χ1) is 58.5. The van der Waals surface area contributed by atoms with Gasteiger partial charge in [0.25, 0.3) is 6.71 Å². The van der Waals surface area contributed by atoms with Crippen molar-refractivity contribution in [3.05, 3.63) is 311 Å². The minimum absolute atomic E-state index is 0.0695. The number of hydrogen-bond acceptors (Lipinski definition) is 2. The third-order valence-corrected chi connectivity index (χ3v) is 29.0. The molecule has 5 aliphatic rings. The van der Waals surface area contributed by atoms with Crippen LogP contribution in [0.2, 0.25) is 0 Å². The summed E-state index contributed by atoms with van der Waals surface area (Å²) in [5.74, 6) is 1.40. The van der Waals surface area contributed by atoms with E-state index < -0.39 is 0 Å². The fraction of sp³-hybridized carbons (Fsp3) is 0.339. The maximum absolute atomic E-state index is 2.99. The normalized spacial score (nSPS) is 18.0. The molecule has 2 aliphatic heterocycles. The van der Waals surface area contributed by atoms with Crippen LogP contribution < -0.4 is 26.2 Å². The van der Waals surface area contributed by atoms with Crippen LogP contribution in [0, 0.1) is 28.6 Å². The van der Waals surface area contributed by atoms with Crippen molar-refractivity contribution in [3.8, 4) is 50.2 Å². The van der Waals surface area contributed by atoms with Crippen molar-refractivity contribution in [2.45, 2.75) is 230 Å². The van der Waals surface area contributed by atoms with Crippen LogP contribution in [0.3, 0.4) is 0 Å². The zero-order chi connectivity index (χ0) is 86.1. The van der Waals surface area contributed by atoms with Gasteiger partial charge in [0.2, 0.25) is 0 Å². The fourth-order valence-corrected chi connectivity index (χ4v) is 22.1. The molecule has 622 valence electrons. The monoisotopic (exact) mass is 1610 g/mol. The summed E-state index contributed by atoms with van der Waals surface area (Å²) < 4.78 is 5.61.